The number of hydrogen-bond acceptors (Lipinski definition) is 3. The number of rotatable bonds is 6. The molecule has 150 valence electrons. The molecule has 28 heavy (non-hydrogen) atoms. The standard InChI is InChI=1S/C23H32N4O/c1-17(2)20-5-4-6-21(15-20)26-23(24)25-16-22(27-11-13-28-14-12-27)19-9-7-18(3)8-10-19/h4-10,15,17,22H,11-14,16H2,1-3H3,(H3,24,25,26). The van der Waals surface area contributed by atoms with Crippen LogP contribution in [-0.4, -0.2) is 43.7 Å². The second kappa shape index (κ2) is 9.71. The molecule has 2 aromatic rings. The van der Waals surface area contributed by atoms with Gasteiger partial charge in [0.05, 0.1) is 25.8 Å². The van der Waals surface area contributed by atoms with Crippen LogP contribution in [0.1, 0.15) is 42.5 Å². The normalized spacial score (nSPS) is 16.9. The number of ether oxygens (including phenoxy) is 1. The van der Waals surface area contributed by atoms with Crippen LogP contribution >= 0.6 is 0 Å². The molecule has 5 nitrogen and oxygen atoms in total. The van der Waals surface area contributed by atoms with Crippen LogP contribution in [0.15, 0.2) is 53.5 Å². The van der Waals surface area contributed by atoms with Crippen LogP contribution < -0.4 is 11.1 Å². The minimum absolute atomic E-state index is 0.201. The Hall–Kier alpha value is -2.37. The molecule has 5 heteroatoms. The zero-order chi connectivity index (χ0) is 19.9. The summed E-state index contributed by atoms with van der Waals surface area (Å²) in [5, 5.41) is 3.24. The molecule has 0 saturated carbocycles. The SMILES string of the molecule is Cc1ccc(C(CN=C(N)Nc2cccc(C(C)C)c2)N2CCOCC2)cc1. The monoisotopic (exact) mass is 380 g/mol. The van der Waals surface area contributed by atoms with Gasteiger partial charge in [-0.25, -0.2) is 0 Å². The first-order valence-corrected chi connectivity index (χ1v) is 10.1. The van der Waals surface area contributed by atoms with Gasteiger partial charge in [0.2, 0.25) is 0 Å². The number of guanidine groups is 1. The molecule has 1 atom stereocenters. The first-order chi connectivity index (χ1) is 13.5. The molecule has 1 aliphatic rings. The molecule has 3 rings (SSSR count). The van der Waals surface area contributed by atoms with E-state index in [9.17, 15) is 0 Å². The van der Waals surface area contributed by atoms with Gasteiger partial charge >= 0.3 is 0 Å². The van der Waals surface area contributed by atoms with Crippen molar-refractivity contribution in [3.05, 3.63) is 65.2 Å². The van der Waals surface area contributed by atoms with E-state index in [1.54, 1.807) is 0 Å². The largest absolute Gasteiger partial charge is 0.379 e. The Bertz CT molecular complexity index is 779. The lowest BCUT2D eigenvalue weighted by atomic mass is 10.0. The number of nitrogens with two attached hydrogens (primary N) is 1. The van der Waals surface area contributed by atoms with Gasteiger partial charge in [-0.15, -0.1) is 0 Å². The van der Waals surface area contributed by atoms with Crippen molar-refractivity contribution in [3.8, 4) is 0 Å². The fourth-order valence-electron chi connectivity index (χ4n) is 3.46. The third kappa shape index (κ3) is 5.57. The van der Waals surface area contributed by atoms with Crippen molar-refractivity contribution in [2.45, 2.75) is 32.7 Å². The predicted molar refractivity (Wildman–Crippen MR) is 117 cm³/mol. The third-order valence-corrected chi connectivity index (χ3v) is 5.21. The van der Waals surface area contributed by atoms with E-state index in [0.29, 0.717) is 18.4 Å². The lowest BCUT2D eigenvalue weighted by molar-refractivity contribution is 0.0180. The maximum atomic E-state index is 6.21. The van der Waals surface area contributed by atoms with Crippen LogP contribution in [0, 0.1) is 6.92 Å². The highest BCUT2D eigenvalue weighted by Gasteiger charge is 2.22. The molecule has 0 amide bonds. The van der Waals surface area contributed by atoms with Gasteiger partial charge in [-0.05, 0) is 36.1 Å². The van der Waals surface area contributed by atoms with E-state index >= 15 is 0 Å². The van der Waals surface area contributed by atoms with Crippen molar-refractivity contribution in [1.82, 2.24) is 4.90 Å². The summed E-state index contributed by atoms with van der Waals surface area (Å²) < 4.78 is 5.53. The molecule has 0 spiro atoms. The molecule has 0 bridgehead atoms. The minimum atomic E-state index is 0.201. The summed E-state index contributed by atoms with van der Waals surface area (Å²) in [5.74, 6) is 0.929. The van der Waals surface area contributed by atoms with Crippen LogP contribution in [-0.2, 0) is 4.74 Å². The number of morpholine rings is 1. The molecular weight excluding hydrogens is 348 g/mol. The molecule has 1 saturated heterocycles. The Morgan fingerprint density at radius 2 is 1.82 bits per heavy atom. The molecule has 0 aliphatic carbocycles. The van der Waals surface area contributed by atoms with Crippen LogP contribution in [0.4, 0.5) is 5.69 Å². The van der Waals surface area contributed by atoms with E-state index in [4.69, 9.17) is 10.5 Å². The average Bonchev–Trinajstić information content (AvgIpc) is 2.70. The van der Waals surface area contributed by atoms with Crippen LogP contribution in [0.5, 0.6) is 0 Å². The van der Waals surface area contributed by atoms with E-state index in [2.05, 4.69) is 72.4 Å². The van der Waals surface area contributed by atoms with E-state index in [1.165, 1.54) is 16.7 Å². The second-order valence-electron chi connectivity index (χ2n) is 7.71. The second-order valence-corrected chi connectivity index (χ2v) is 7.71. The van der Waals surface area contributed by atoms with Crippen molar-refractivity contribution in [2.24, 2.45) is 10.7 Å². The Kier molecular flexibility index (Phi) is 7.06. The number of benzene rings is 2. The minimum Gasteiger partial charge on any atom is -0.379 e. The van der Waals surface area contributed by atoms with E-state index in [-0.39, 0.29) is 6.04 Å². The van der Waals surface area contributed by atoms with Crippen LogP contribution in [0.25, 0.3) is 0 Å². The summed E-state index contributed by atoms with van der Waals surface area (Å²) in [4.78, 5) is 7.10. The van der Waals surface area contributed by atoms with Crippen LogP contribution in [0.2, 0.25) is 0 Å². The molecule has 1 fully saturated rings. The fourth-order valence-corrected chi connectivity index (χ4v) is 3.46. The molecule has 1 heterocycles. The highest BCUT2D eigenvalue weighted by molar-refractivity contribution is 5.92. The van der Waals surface area contributed by atoms with Crippen molar-refractivity contribution in [1.29, 1.82) is 0 Å². The van der Waals surface area contributed by atoms with Crippen molar-refractivity contribution < 1.29 is 4.74 Å². The summed E-state index contributed by atoms with van der Waals surface area (Å²) in [7, 11) is 0. The Balaban J connectivity index is 1.72. The zero-order valence-electron chi connectivity index (χ0n) is 17.2. The molecule has 1 aliphatic heterocycles. The number of anilines is 1. The predicted octanol–water partition coefficient (Wildman–Crippen LogP) is 3.92. The highest BCUT2D eigenvalue weighted by Crippen LogP contribution is 2.23. The number of hydrogen-bond donors (Lipinski definition) is 2. The highest BCUT2D eigenvalue weighted by atomic mass is 16.5. The number of aliphatic imine (C=N–C) groups is 1. The molecule has 3 N–H and O–H groups in total. The molecule has 0 aromatic heterocycles. The summed E-state index contributed by atoms with van der Waals surface area (Å²) in [5.41, 5.74) is 11.0. The molecule has 0 radical (unpaired) electrons. The first kappa shape index (κ1) is 20.4. The number of nitrogens with one attached hydrogen (secondary N) is 1. The lowest BCUT2D eigenvalue weighted by Gasteiger charge is -2.34. The van der Waals surface area contributed by atoms with E-state index < -0.39 is 0 Å². The van der Waals surface area contributed by atoms with Gasteiger partial charge in [0, 0.05) is 18.8 Å². The summed E-state index contributed by atoms with van der Waals surface area (Å²) in [6.07, 6.45) is 0. The summed E-state index contributed by atoms with van der Waals surface area (Å²) in [6, 6.07) is 17.2. The van der Waals surface area contributed by atoms with Gasteiger partial charge in [-0.1, -0.05) is 55.8 Å². The van der Waals surface area contributed by atoms with Crippen molar-refractivity contribution in [3.63, 3.8) is 0 Å². The Morgan fingerprint density at radius 3 is 2.50 bits per heavy atom. The van der Waals surface area contributed by atoms with Crippen molar-refractivity contribution in [2.75, 3.05) is 38.2 Å². The number of nitrogens with zero attached hydrogens (tertiary/aromatic N) is 2. The maximum Gasteiger partial charge on any atom is 0.193 e. The average molecular weight is 381 g/mol. The Morgan fingerprint density at radius 1 is 1.11 bits per heavy atom. The third-order valence-electron chi connectivity index (χ3n) is 5.21. The van der Waals surface area contributed by atoms with Gasteiger partial charge in [-0.3, -0.25) is 9.89 Å². The summed E-state index contributed by atoms with van der Waals surface area (Å²) in [6.45, 7) is 10.5. The van der Waals surface area contributed by atoms with Gasteiger partial charge in [-0.2, -0.15) is 0 Å². The van der Waals surface area contributed by atoms with E-state index in [1.807, 2.05) is 12.1 Å². The smallest absolute Gasteiger partial charge is 0.193 e. The molecular formula is C23H32N4O. The van der Waals surface area contributed by atoms with E-state index in [0.717, 1.165) is 32.0 Å². The zero-order valence-corrected chi connectivity index (χ0v) is 17.2. The molecule has 2 aromatic carbocycles. The van der Waals surface area contributed by atoms with Crippen molar-refractivity contribution >= 4 is 11.6 Å². The van der Waals surface area contributed by atoms with Gasteiger partial charge in [0.25, 0.3) is 0 Å². The van der Waals surface area contributed by atoms with Gasteiger partial charge in [0.15, 0.2) is 5.96 Å². The molecule has 1 unspecified atom stereocenters. The summed E-state index contributed by atoms with van der Waals surface area (Å²) >= 11 is 0. The fraction of sp³-hybridized carbons (Fsp3) is 0.435. The number of aryl methyl sites for hydroxylation is 1. The van der Waals surface area contributed by atoms with Gasteiger partial charge < -0.3 is 15.8 Å². The lowest BCUT2D eigenvalue weighted by Crippen LogP contribution is -2.40. The first-order valence-electron chi connectivity index (χ1n) is 10.1. The topological polar surface area (TPSA) is 62.9 Å². The Labute approximate surface area is 168 Å². The van der Waals surface area contributed by atoms with Gasteiger partial charge in [0.1, 0.15) is 0 Å². The quantitative estimate of drug-likeness (QED) is 0.589. The maximum absolute atomic E-state index is 6.21. The van der Waals surface area contributed by atoms with Crippen LogP contribution in [0.3, 0.4) is 0 Å².